The number of hydrogen-bond donors (Lipinski definition) is 1. The summed E-state index contributed by atoms with van der Waals surface area (Å²) in [6.07, 6.45) is 4.69. The lowest BCUT2D eigenvalue weighted by Gasteiger charge is -2.08. The Morgan fingerprint density at radius 2 is 1.81 bits per heavy atom. The molecule has 2 aromatic carbocycles. The number of aromatic amines is 1. The minimum absolute atomic E-state index is 0.521. The lowest BCUT2D eigenvalue weighted by Crippen LogP contribution is -2.00. The van der Waals surface area contributed by atoms with Crippen LogP contribution in [0.5, 0.6) is 5.75 Å². The van der Waals surface area contributed by atoms with E-state index < -0.39 is 0 Å². The highest BCUT2D eigenvalue weighted by Crippen LogP contribution is 2.36. The lowest BCUT2D eigenvalue weighted by molar-refractivity contribution is 0.350. The number of benzene rings is 2. The summed E-state index contributed by atoms with van der Waals surface area (Å²) in [6.45, 7) is 0.521. The number of ether oxygens (including phenoxy) is 1. The van der Waals surface area contributed by atoms with Gasteiger partial charge < -0.3 is 9.72 Å². The predicted octanol–water partition coefficient (Wildman–Crippen LogP) is 5.30. The SMILES string of the molecule is Clc1ccc(OC[CH]Cc2ccccc2)c2c(Cl)c[nH]c12. The van der Waals surface area contributed by atoms with Gasteiger partial charge in [-0.05, 0) is 24.1 Å². The Morgan fingerprint density at radius 1 is 1.00 bits per heavy atom. The van der Waals surface area contributed by atoms with E-state index in [0.29, 0.717) is 16.7 Å². The fourth-order valence-electron chi connectivity index (χ4n) is 2.25. The molecule has 3 aromatic rings. The van der Waals surface area contributed by atoms with Gasteiger partial charge in [-0.25, -0.2) is 0 Å². The third kappa shape index (κ3) is 3.17. The number of rotatable bonds is 5. The van der Waals surface area contributed by atoms with Crippen LogP contribution in [0.15, 0.2) is 48.7 Å². The minimum atomic E-state index is 0.521. The van der Waals surface area contributed by atoms with E-state index in [1.807, 2.05) is 30.3 Å². The van der Waals surface area contributed by atoms with Crippen molar-refractivity contribution in [2.24, 2.45) is 0 Å². The topological polar surface area (TPSA) is 25.0 Å². The molecule has 0 aliphatic heterocycles. The largest absolute Gasteiger partial charge is 0.493 e. The van der Waals surface area contributed by atoms with Crippen LogP contribution >= 0.6 is 23.2 Å². The maximum atomic E-state index is 6.18. The summed E-state index contributed by atoms with van der Waals surface area (Å²) in [4.78, 5) is 3.06. The summed E-state index contributed by atoms with van der Waals surface area (Å²) >= 11 is 12.3. The molecule has 1 aromatic heterocycles. The summed E-state index contributed by atoms with van der Waals surface area (Å²) in [5, 5.41) is 2.08. The summed E-state index contributed by atoms with van der Waals surface area (Å²) in [7, 11) is 0. The average molecular weight is 319 g/mol. The first-order valence-electron chi connectivity index (χ1n) is 6.69. The number of H-pyrrole nitrogens is 1. The fourth-order valence-corrected chi connectivity index (χ4v) is 2.71. The van der Waals surface area contributed by atoms with Crippen LogP contribution in [0.4, 0.5) is 0 Å². The van der Waals surface area contributed by atoms with E-state index in [-0.39, 0.29) is 0 Å². The van der Waals surface area contributed by atoms with Crippen LogP contribution in [0.3, 0.4) is 0 Å². The zero-order valence-electron chi connectivity index (χ0n) is 11.3. The quantitative estimate of drug-likeness (QED) is 0.634. The van der Waals surface area contributed by atoms with Gasteiger partial charge in [0, 0.05) is 12.6 Å². The van der Waals surface area contributed by atoms with Crippen LogP contribution in [0, 0.1) is 6.42 Å². The van der Waals surface area contributed by atoms with Crippen LogP contribution in [0.25, 0.3) is 10.9 Å². The van der Waals surface area contributed by atoms with Crippen molar-refractivity contribution in [1.82, 2.24) is 4.98 Å². The Morgan fingerprint density at radius 3 is 2.62 bits per heavy atom. The Bertz CT molecular complexity index is 737. The molecular weight excluding hydrogens is 305 g/mol. The number of hydrogen-bond acceptors (Lipinski definition) is 1. The maximum Gasteiger partial charge on any atom is 0.130 e. The Kier molecular flexibility index (Phi) is 4.37. The standard InChI is InChI=1S/C17H14Cl2NO/c18-13-8-9-15(16-14(19)11-20-17(13)16)21-10-4-7-12-5-2-1-3-6-12/h1-6,8-9,11,20H,7,10H2. The van der Waals surface area contributed by atoms with Gasteiger partial charge in [0.2, 0.25) is 0 Å². The second-order valence-electron chi connectivity index (χ2n) is 4.72. The van der Waals surface area contributed by atoms with Crippen molar-refractivity contribution in [3.05, 3.63) is 70.7 Å². The molecular formula is C17H14Cl2NO. The van der Waals surface area contributed by atoms with Crippen molar-refractivity contribution in [2.75, 3.05) is 6.61 Å². The highest BCUT2D eigenvalue weighted by Gasteiger charge is 2.11. The molecule has 0 unspecified atom stereocenters. The molecule has 0 aliphatic rings. The van der Waals surface area contributed by atoms with Gasteiger partial charge in [0.05, 0.1) is 27.6 Å². The molecule has 3 rings (SSSR count). The monoisotopic (exact) mass is 318 g/mol. The van der Waals surface area contributed by atoms with Crippen LogP contribution in [-0.2, 0) is 6.42 Å². The fraction of sp³-hybridized carbons (Fsp3) is 0.118. The molecule has 4 heteroatoms. The van der Waals surface area contributed by atoms with E-state index >= 15 is 0 Å². The van der Waals surface area contributed by atoms with Crippen molar-refractivity contribution in [3.63, 3.8) is 0 Å². The molecule has 0 saturated heterocycles. The van der Waals surface area contributed by atoms with Crippen LogP contribution in [0.2, 0.25) is 10.0 Å². The first-order valence-corrected chi connectivity index (χ1v) is 7.45. The van der Waals surface area contributed by atoms with Crippen molar-refractivity contribution >= 4 is 34.1 Å². The van der Waals surface area contributed by atoms with Gasteiger partial charge in [-0.15, -0.1) is 0 Å². The number of halogens is 2. The molecule has 107 valence electrons. The third-order valence-electron chi connectivity index (χ3n) is 3.28. The number of nitrogens with one attached hydrogen (secondary N) is 1. The molecule has 0 amide bonds. The normalized spacial score (nSPS) is 11.0. The van der Waals surface area contributed by atoms with Gasteiger partial charge in [0.1, 0.15) is 5.75 Å². The van der Waals surface area contributed by atoms with E-state index in [1.54, 1.807) is 6.20 Å². The smallest absolute Gasteiger partial charge is 0.130 e. The summed E-state index contributed by atoms with van der Waals surface area (Å²) < 4.78 is 5.82. The van der Waals surface area contributed by atoms with Gasteiger partial charge in [-0.2, -0.15) is 0 Å². The summed E-state index contributed by atoms with van der Waals surface area (Å²) in [5.74, 6) is 0.741. The van der Waals surface area contributed by atoms with E-state index in [9.17, 15) is 0 Å². The van der Waals surface area contributed by atoms with Crippen LogP contribution in [0.1, 0.15) is 5.56 Å². The number of fused-ring (bicyclic) bond motifs is 1. The van der Waals surface area contributed by atoms with E-state index in [1.165, 1.54) is 5.56 Å². The minimum Gasteiger partial charge on any atom is -0.493 e. The molecule has 0 atom stereocenters. The highest BCUT2D eigenvalue weighted by atomic mass is 35.5. The third-order valence-corrected chi connectivity index (χ3v) is 3.89. The second kappa shape index (κ2) is 6.42. The molecule has 21 heavy (non-hydrogen) atoms. The van der Waals surface area contributed by atoms with E-state index in [4.69, 9.17) is 27.9 Å². The lowest BCUT2D eigenvalue weighted by atomic mass is 10.1. The summed E-state index contributed by atoms with van der Waals surface area (Å²) in [5.41, 5.74) is 2.07. The molecule has 0 fully saturated rings. The molecule has 0 bridgehead atoms. The maximum absolute atomic E-state index is 6.18. The van der Waals surface area contributed by atoms with Crippen molar-refractivity contribution in [2.45, 2.75) is 6.42 Å². The van der Waals surface area contributed by atoms with Gasteiger partial charge in [0.25, 0.3) is 0 Å². The number of aromatic nitrogens is 1. The molecule has 2 nitrogen and oxygen atoms in total. The molecule has 0 spiro atoms. The molecule has 1 radical (unpaired) electrons. The summed E-state index contributed by atoms with van der Waals surface area (Å²) in [6, 6.07) is 13.9. The Labute approximate surface area is 133 Å². The second-order valence-corrected chi connectivity index (χ2v) is 5.54. The first-order chi connectivity index (χ1) is 10.3. The highest BCUT2D eigenvalue weighted by molar-refractivity contribution is 6.40. The molecule has 0 aliphatic carbocycles. The van der Waals surface area contributed by atoms with Crippen LogP contribution < -0.4 is 4.74 Å². The van der Waals surface area contributed by atoms with E-state index in [0.717, 1.165) is 23.1 Å². The van der Waals surface area contributed by atoms with Crippen molar-refractivity contribution in [3.8, 4) is 5.75 Å². The average Bonchev–Trinajstić information content (AvgIpc) is 2.90. The van der Waals surface area contributed by atoms with Crippen molar-refractivity contribution in [1.29, 1.82) is 0 Å². The molecule has 0 saturated carbocycles. The predicted molar refractivity (Wildman–Crippen MR) is 88.3 cm³/mol. The Hall–Kier alpha value is -1.64. The van der Waals surface area contributed by atoms with Crippen LogP contribution in [-0.4, -0.2) is 11.6 Å². The first kappa shape index (κ1) is 14.3. The van der Waals surface area contributed by atoms with Gasteiger partial charge in [0.15, 0.2) is 0 Å². The van der Waals surface area contributed by atoms with Gasteiger partial charge >= 0.3 is 0 Å². The Balaban J connectivity index is 1.66. The van der Waals surface area contributed by atoms with Gasteiger partial charge in [-0.3, -0.25) is 0 Å². The van der Waals surface area contributed by atoms with Crippen molar-refractivity contribution < 1.29 is 4.74 Å². The zero-order valence-corrected chi connectivity index (χ0v) is 12.8. The van der Waals surface area contributed by atoms with E-state index in [2.05, 4.69) is 23.5 Å². The zero-order chi connectivity index (χ0) is 14.7. The molecule has 1 heterocycles. The molecule has 1 N–H and O–H groups in total. The van der Waals surface area contributed by atoms with Gasteiger partial charge in [-0.1, -0.05) is 53.5 Å².